The summed E-state index contributed by atoms with van der Waals surface area (Å²) in [5, 5.41) is 8.64. The van der Waals surface area contributed by atoms with Crippen molar-refractivity contribution in [2.75, 3.05) is 32.7 Å². The Bertz CT molecular complexity index is 560. The zero-order valence-electron chi connectivity index (χ0n) is 14.0. The largest absolute Gasteiger partial charge is 0.481 e. The third kappa shape index (κ3) is 4.97. The van der Waals surface area contributed by atoms with Crippen molar-refractivity contribution >= 4 is 5.91 Å². The van der Waals surface area contributed by atoms with Crippen molar-refractivity contribution in [1.29, 1.82) is 5.26 Å². The molecular formula is C18H25N3O2. The van der Waals surface area contributed by atoms with Crippen LogP contribution in [0.1, 0.15) is 25.3 Å². The Morgan fingerprint density at radius 3 is 2.70 bits per heavy atom. The van der Waals surface area contributed by atoms with Crippen LogP contribution >= 0.6 is 0 Å². The molecule has 1 aliphatic heterocycles. The average Bonchev–Trinajstić information content (AvgIpc) is 2.58. The Morgan fingerprint density at radius 2 is 2.09 bits per heavy atom. The first-order valence-corrected chi connectivity index (χ1v) is 8.25. The van der Waals surface area contributed by atoms with Crippen LogP contribution in [0.5, 0.6) is 5.75 Å². The summed E-state index contributed by atoms with van der Waals surface area (Å²) in [6, 6.07) is 9.96. The highest BCUT2D eigenvalue weighted by Crippen LogP contribution is 2.17. The molecule has 0 radical (unpaired) electrons. The van der Waals surface area contributed by atoms with Crippen LogP contribution in [-0.2, 0) is 4.79 Å². The molecule has 0 saturated carbocycles. The molecular weight excluding hydrogens is 290 g/mol. The summed E-state index contributed by atoms with van der Waals surface area (Å²) in [4.78, 5) is 16.8. The molecule has 0 aliphatic carbocycles. The van der Waals surface area contributed by atoms with E-state index in [0.29, 0.717) is 25.9 Å². The van der Waals surface area contributed by atoms with Gasteiger partial charge in [-0.3, -0.25) is 9.69 Å². The van der Waals surface area contributed by atoms with E-state index >= 15 is 0 Å². The third-order valence-electron chi connectivity index (χ3n) is 4.14. The molecule has 1 aromatic rings. The molecule has 1 amide bonds. The number of carbonyl (C=O) groups is 1. The van der Waals surface area contributed by atoms with Crippen molar-refractivity contribution in [1.82, 2.24) is 9.80 Å². The molecule has 1 unspecified atom stereocenters. The van der Waals surface area contributed by atoms with Gasteiger partial charge in [0.15, 0.2) is 6.10 Å². The monoisotopic (exact) mass is 315 g/mol. The molecule has 1 atom stereocenters. The molecule has 23 heavy (non-hydrogen) atoms. The Kier molecular flexibility index (Phi) is 6.42. The molecule has 1 saturated heterocycles. The Morgan fingerprint density at radius 1 is 1.35 bits per heavy atom. The van der Waals surface area contributed by atoms with Crippen LogP contribution in [0.25, 0.3) is 0 Å². The number of ether oxygens (including phenoxy) is 1. The zero-order chi connectivity index (χ0) is 16.7. The summed E-state index contributed by atoms with van der Waals surface area (Å²) >= 11 is 0. The lowest BCUT2D eigenvalue weighted by atomic mass is 10.2. The average molecular weight is 315 g/mol. The SMILES string of the molecule is CCC(Oc1cccc(C)c1)C(=O)N1CCN(CCC#N)CC1. The fourth-order valence-corrected chi connectivity index (χ4v) is 2.76. The number of rotatable bonds is 6. The summed E-state index contributed by atoms with van der Waals surface area (Å²) in [6.45, 7) is 7.84. The molecule has 5 nitrogen and oxygen atoms in total. The molecule has 5 heteroatoms. The number of hydrogen-bond donors (Lipinski definition) is 0. The summed E-state index contributed by atoms with van der Waals surface area (Å²) in [5.41, 5.74) is 1.12. The van der Waals surface area contributed by atoms with Crippen LogP contribution in [0.2, 0.25) is 0 Å². The number of aryl methyl sites for hydroxylation is 1. The van der Waals surface area contributed by atoms with E-state index < -0.39 is 6.10 Å². The lowest BCUT2D eigenvalue weighted by Crippen LogP contribution is -2.52. The van der Waals surface area contributed by atoms with E-state index in [1.165, 1.54) is 0 Å². The molecule has 0 bridgehead atoms. The van der Waals surface area contributed by atoms with Crippen LogP contribution in [0, 0.1) is 18.3 Å². The van der Waals surface area contributed by atoms with E-state index in [4.69, 9.17) is 10.00 Å². The van der Waals surface area contributed by atoms with Crippen molar-refractivity contribution in [2.45, 2.75) is 32.8 Å². The van der Waals surface area contributed by atoms with Gasteiger partial charge in [-0.05, 0) is 31.0 Å². The van der Waals surface area contributed by atoms with Crippen LogP contribution < -0.4 is 4.74 Å². The van der Waals surface area contributed by atoms with Gasteiger partial charge in [0.05, 0.1) is 6.07 Å². The standard InChI is InChI=1S/C18H25N3O2/c1-3-17(23-16-7-4-6-15(2)14-16)18(22)21-12-10-20(11-13-21)9-5-8-19/h4,6-7,14,17H,3,5,9-13H2,1-2H3. The highest BCUT2D eigenvalue weighted by molar-refractivity contribution is 5.81. The minimum Gasteiger partial charge on any atom is -0.481 e. The summed E-state index contributed by atoms with van der Waals surface area (Å²) in [5.74, 6) is 0.812. The number of piperazine rings is 1. The van der Waals surface area contributed by atoms with Gasteiger partial charge in [0, 0.05) is 39.1 Å². The van der Waals surface area contributed by atoms with E-state index in [1.807, 2.05) is 43.0 Å². The van der Waals surface area contributed by atoms with E-state index in [2.05, 4.69) is 11.0 Å². The van der Waals surface area contributed by atoms with Gasteiger partial charge >= 0.3 is 0 Å². The maximum atomic E-state index is 12.7. The Balaban J connectivity index is 1.89. The lowest BCUT2D eigenvalue weighted by molar-refractivity contribution is -0.140. The number of nitriles is 1. The van der Waals surface area contributed by atoms with Crippen molar-refractivity contribution < 1.29 is 9.53 Å². The second-order valence-electron chi connectivity index (χ2n) is 5.91. The third-order valence-corrected chi connectivity index (χ3v) is 4.14. The Labute approximate surface area is 138 Å². The zero-order valence-corrected chi connectivity index (χ0v) is 14.0. The molecule has 1 aliphatic rings. The number of nitrogens with zero attached hydrogens (tertiary/aromatic N) is 3. The van der Waals surface area contributed by atoms with Crippen molar-refractivity contribution in [3.05, 3.63) is 29.8 Å². The van der Waals surface area contributed by atoms with Gasteiger partial charge in [0.1, 0.15) is 5.75 Å². The highest BCUT2D eigenvalue weighted by Gasteiger charge is 2.27. The van der Waals surface area contributed by atoms with Gasteiger partial charge in [-0.2, -0.15) is 5.26 Å². The second-order valence-corrected chi connectivity index (χ2v) is 5.91. The number of amides is 1. The summed E-state index contributed by atoms with van der Waals surface area (Å²) in [7, 11) is 0. The normalized spacial score (nSPS) is 16.7. The first-order chi connectivity index (χ1) is 11.1. The van der Waals surface area contributed by atoms with Gasteiger partial charge < -0.3 is 9.64 Å². The summed E-state index contributed by atoms with van der Waals surface area (Å²) in [6.07, 6.45) is 0.770. The van der Waals surface area contributed by atoms with E-state index in [9.17, 15) is 4.79 Å². The van der Waals surface area contributed by atoms with Crippen LogP contribution in [-0.4, -0.2) is 54.5 Å². The maximum absolute atomic E-state index is 12.7. The smallest absolute Gasteiger partial charge is 0.263 e. The number of carbonyl (C=O) groups excluding carboxylic acids is 1. The van der Waals surface area contributed by atoms with E-state index in [1.54, 1.807) is 0 Å². The van der Waals surface area contributed by atoms with Crippen LogP contribution in [0.3, 0.4) is 0 Å². The fourth-order valence-electron chi connectivity index (χ4n) is 2.76. The molecule has 0 N–H and O–H groups in total. The predicted octanol–water partition coefficient (Wildman–Crippen LogP) is 2.21. The molecule has 0 aromatic heterocycles. The fraction of sp³-hybridized carbons (Fsp3) is 0.556. The highest BCUT2D eigenvalue weighted by atomic mass is 16.5. The molecule has 1 heterocycles. The molecule has 1 aromatic carbocycles. The molecule has 124 valence electrons. The second kappa shape index (κ2) is 8.54. The van der Waals surface area contributed by atoms with Gasteiger partial charge in [0.25, 0.3) is 5.91 Å². The number of benzene rings is 1. The van der Waals surface area contributed by atoms with Gasteiger partial charge in [-0.1, -0.05) is 19.1 Å². The van der Waals surface area contributed by atoms with Crippen LogP contribution in [0.15, 0.2) is 24.3 Å². The molecule has 0 spiro atoms. The summed E-state index contributed by atoms with van der Waals surface area (Å²) < 4.78 is 5.90. The quantitative estimate of drug-likeness (QED) is 0.807. The first kappa shape index (κ1) is 17.3. The maximum Gasteiger partial charge on any atom is 0.263 e. The van der Waals surface area contributed by atoms with E-state index in [0.717, 1.165) is 30.9 Å². The number of hydrogen-bond acceptors (Lipinski definition) is 4. The van der Waals surface area contributed by atoms with Crippen molar-refractivity contribution in [2.24, 2.45) is 0 Å². The minimum absolute atomic E-state index is 0.0638. The van der Waals surface area contributed by atoms with Gasteiger partial charge in [0.2, 0.25) is 0 Å². The van der Waals surface area contributed by atoms with E-state index in [-0.39, 0.29) is 5.91 Å². The molecule has 2 rings (SSSR count). The van der Waals surface area contributed by atoms with Crippen molar-refractivity contribution in [3.8, 4) is 11.8 Å². The van der Waals surface area contributed by atoms with Gasteiger partial charge in [-0.25, -0.2) is 0 Å². The minimum atomic E-state index is -0.428. The predicted molar refractivity (Wildman–Crippen MR) is 89.1 cm³/mol. The topological polar surface area (TPSA) is 56.6 Å². The molecule has 1 fully saturated rings. The first-order valence-electron chi connectivity index (χ1n) is 8.25. The van der Waals surface area contributed by atoms with Crippen LogP contribution in [0.4, 0.5) is 0 Å². The van der Waals surface area contributed by atoms with Crippen molar-refractivity contribution in [3.63, 3.8) is 0 Å². The van der Waals surface area contributed by atoms with Gasteiger partial charge in [-0.15, -0.1) is 0 Å². The lowest BCUT2D eigenvalue weighted by Gasteiger charge is -2.36. The Hall–Kier alpha value is -2.06.